The van der Waals surface area contributed by atoms with Gasteiger partial charge in [-0.15, -0.1) is 0 Å². The van der Waals surface area contributed by atoms with Crippen molar-refractivity contribution in [3.8, 4) is 5.75 Å². The first-order valence-corrected chi connectivity index (χ1v) is 7.13. The molecule has 3 heteroatoms. The summed E-state index contributed by atoms with van der Waals surface area (Å²) in [5.41, 5.74) is 2.49. The lowest BCUT2D eigenvalue weighted by Crippen LogP contribution is -2.34. The SMILES string of the molecule is COc1ccc(C)cc1CNC(CBr)C(C)C. The van der Waals surface area contributed by atoms with Crippen LogP contribution in [0.25, 0.3) is 0 Å². The molecule has 96 valence electrons. The molecule has 0 amide bonds. The molecular formula is C14H22BrNO. The summed E-state index contributed by atoms with van der Waals surface area (Å²) in [5.74, 6) is 1.57. The minimum absolute atomic E-state index is 0.486. The summed E-state index contributed by atoms with van der Waals surface area (Å²) < 4.78 is 5.38. The first-order valence-electron chi connectivity index (χ1n) is 6.01. The molecule has 1 N–H and O–H groups in total. The van der Waals surface area contributed by atoms with Crippen molar-refractivity contribution in [2.75, 3.05) is 12.4 Å². The molecule has 0 saturated heterocycles. The average Bonchev–Trinajstić information content (AvgIpc) is 2.29. The third-order valence-corrected chi connectivity index (χ3v) is 3.66. The zero-order valence-electron chi connectivity index (χ0n) is 11.1. The van der Waals surface area contributed by atoms with E-state index < -0.39 is 0 Å². The number of hydrogen-bond donors (Lipinski definition) is 1. The predicted molar refractivity (Wildman–Crippen MR) is 77.0 cm³/mol. The molecule has 17 heavy (non-hydrogen) atoms. The Hall–Kier alpha value is -0.540. The lowest BCUT2D eigenvalue weighted by Gasteiger charge is -2.21. The molecule has 0 aliphatic carbocycles. The van der Waals surface area contributed by atoms with E-state index in [0.29, 0.717) is 12.0 Å². The number of rotatable bonds is 6. The van der Waals surface area contributed by atoms with E-state index in [0.717, 1.165) is 17.6 Å². The number of ether oxygens (including phenoxy) is 1. The molecule has 0 spiro atoms. The Morgan fingerprint density at radius 3 is 2.59 bits per heavy atom. The van der Waals surface area contributed by atoms with Gasteiger partial charge in [-0.1, -0.05) is 47.5 Å². The molecule has 0 bridgehead atoms. The molecule has 0 fully saturated rings. The van der Waals surface area contributed by atoms with Crippen molar-refractivity contribution in [1.82, 2.24) is 5.32 Å². The fourth-order valence-electron chi connectivity index (χ4n) is 1.76. The Morgan fingerprint density at radius 1 is 1.35 bits per heavy atom. The van der Waals surface area contributed by atoms with Crippen LogP contribution in [0.3, 0.4) is 0 Å². The molecule has 1 aromatic rings. The lowest BCUT2D eigenvalue weighted by atomic mass is 10.1. The van der Waals surface area contributed by atoms with Crippen molar-refractivity contribution in [2.24, 2.45) is 5.92 Å². The molecular weight excluding hydrogens is 278 g/mol. The topological polar surface area (TPSA) is 21.3 Å². The molecule has 0 aromatic heterocycles. The number of hydrogen-bond acceptors (Lipinski definition) is 2. The Balaban J connectivity index is 2.70. The fourth-order valence-corrected chi connectivity index (χ4v) is 2.73. The molecule has 0 saturated carbocycles. The maximum absolute atomic E-state index is 5.38. The van der Waals surface area contributed by atoms with Gasteiger partial charge in [-0.05, 0) is 18.9 Å². The van der Waals surface area contributed by atoms with E-state index in [9.17, 15) is 0 Å². The van der Waals surface area contributed by atoms with Crippen LogP contribution in [0.4, 0.5) is 0 Å². The van der Waals surface area contributed by atoms with Crippen molar-refractivity contribution >= 4 is 15.9 Å². The molecule has 0 aliphatic heterocycles. The summed E-state index contributed by atoms with van der Waals surface area (Å²) in [6.07, 6.45) is 0. The number of alkyl halides is 1. The van der Waals surface area contributed by atoms with Crippen LogP contribution >= 0.6 is 15.9 Å². The summed E-state index contributed by atoms with van der Waals surface area (Å²) in [5, 5.41) is 4.53. The van der Waals surface area contributed by atoms with E-state index in [1.54, 1.807) is 7.11 Å². The summed E-state index contributed by atoms with van der Waals surface area (Å²) >= 11 is 3.55. The number of nitrogens with one attached hydrogen (secondary N) is 1. The van der Waals surface area contributed by atoms with Gasteiger partial charge in [-0.25, -0.2) is 0 Å². The number of methoxy groups -OCH3 is 1. The van der Waals surface area contributed by atoms with E-state index in [1.807, 2.05) is 6.07 Å². The van der Waals surface area contributed by atoms with Crippen LogP contribution in [0.2, 0.25) is 0 Å². The maximum atomic E-state index is 5.38. The van der Waals surface area contributed by atoms with Crippen molar-refractivity contribution in [3.63, 3.8) is 0 Å². The lowest BCUT2D eigenvalue weighted by molar-refractivity contribution is 0.397. The zero-order valence-corrected chi connectivity index (χ0v) is 12.7. The van der Waals surface area contributed by atoms with Crippen LogP contribution in [-0.2, 0) is 6.54 Å². The van der Waals surface area contributed by atoms with Crippen LogP contribution in [0.15, 0.2) is 18.2 Å². The molecule has 1 aromatic carbocycles. The van der Waals surface area contributed by atoms with E-state index in [4.69, 9.17) is 4.74 Å². The van der Waals surface area contributed by atoms with Crippen LogP contribution in [0.1, 0.15) is 25.0 Å². The quantitative estimate of drug-likeness (QED) is 0.812. The maximum Gasteiger partial charge on any atom is 0.123 e. The van der Waals surface area contributed by atoms with E-state index in [2.05, 4.69) is 54.2 Å². The van der Waals surface area contributed by atoms with Crippen LogP contribution in [0.5, 0.6) is 5.75 Å². The average molecular weight is 300 g/mol. The summed E-state index contributed by atoms with van der Waals surface area (Å²) in [6.45, 7) is 7.41. The Labute approximate surface area is 113 Å². The second-order valence-electron chi connectivity index (χ2n) is 4.70. The number of benzene rings is 1. The van der Waals surface area contributed by atoms with Crippen LogP contribution < -0.4 is 10.1 Å². The van der Waals surface area contributed by atoms with Crippen molar-refractivity contribution in [3.05, 3.63) is 29.3 Å². The predicted octanol–water partition coefficient (Wildman–Crippen LogP) is 3.51. The highest BCUT2D eigenvalue weighted by Gasteiger charge is 2.12. The summed E-state index contributed by atoms with van der Waals surface area (Å²) in [7, 11) is 1.72. The van der Waals surface area contributed by atoms with Crippen LogP contribution in [0, 0.1) is 12.8 Å². The first-order chi connectivity index (χ1) is 8.08. The summed E-state index contributed by atoms with van der Waals surface area (Å²) in [6, 6.07) is 6.77. The molecule has 2 nitrogen and oxygen atoms in total. The van der Waals surface area contributed by atoms with Gasteiger partial charge in [0, 0.05) is 23.5 Å². The minimum atomic E-state index is 0.486. The first kappa shape index (κ1) is 14.5. The second-order valence-corrected chi connectivity index (χ2v) is 5.35. The molecule has 1 rings (SSSR count). The van der Waals surface area contributed by atoms with E-state index >= 15 is 0 Å². The highest BCUT2D eigenvalue weighted by Crippen LogP contribution is 2.20. The molecule has 0 radical (unpaired) electrons. The monoisotopic (exact) mass is 299 g/mol. The largest absolute Gasteiger partial charge is 0.496 e. The van der Waals surface area contributed by atoms with Crippen molar-refractivity contribution in [2.45, 2.75) is 33.4 Å². The minimum Gasteiger partial charge on any atom is -0.496 e. The van der Waals surface area contributed by atoms with Gasteiger partial charge in [-0.2, -0.15) is 0 Å². The normalized spacial score (nSPS) is 12.8. The highest BCUT2D eigenvalue weighted by atomic mass is 79.9. The van der Waals surface area contributed by atoms with Crippen LogP contribution in [-0.4, -0.2) is 18.5 Å². The van der Waals surface area contributed by atoms with Gasteiger partial charge >= 0.3 is 0 Å². The van der Waals surface area contributed by atoms with E-state index in [1.165, 1.54) is 11.1 Å². The van der Waals surface area contributed by atoms with Gasteiger partial charge in [0.25, 0.3) is 0 Å². The second kappa shape index (κ2) is 7.02. The van der Waals surface area contributed by atoms with E-state index in [-0.39, 0.29) is 0 Å². The highest BCUT2D eigenvalue weighted by molar-refractivity contribution is 9.09. The van der Waals surface area contributed by atoms with Gasteiger partial charge in [-0.3, -0.25) is 0 Å². The molecule has 1 unspecified atom stereocenters. The molecule has 1 atom stereocenters. The van der Waals surface area contributed by atoms with Crippen molar-refractivity contribution in [1.29, 1.82) is 0 Å². The van der Waals surface area contributed by atoms with Gasteiger partial charge in [0.15, 0.2) is 0 Å². The molecule has 0 heterocycles. The Bertz CT molecular complexity index is 352. The van der Waals surface area contributed by atoms with Gasteiger partial charge in [0.1, 0.15) is 5.75 Å². The fraction of sp³-hybridized carbons (Fsp3) is 0.571. The zero-order chi connectivity index (χ0) is 12.8. The van der Waals surface area contributed by atoms with Gasteiger partial charge in [0.05, 0.1) is 7.11 Å². The standard InChI is InChI=1S/C14H22BrNO/c1-10(2)13(8-15)16-9-12-7-11(3)5-6-14(12)17-4/h5-7,10,13,16H,8-9H2,1-4H3. The number of aryl methyl sites for hydroxylation is 1. The Kier molecular flexibility index (Phi) is 6.00. The van der Waals surface area contributed by atoms with Gasteiger partial charge in [0.2, 0.25) is 0 Å². The van der Waals surface area contributed by atoms with Crippen molar-refractivity contribution < 1.29 is 4.74 Å². The van der Waals surface area contributed by atoms with Gasteiger partial charge < -0.3 is 10.1 Å². The third-order valence-electron chi connectivity index (χ3n) is 2.96. The third kappa shape index (κ3) is 4.32. The number of halogens is 1. The molecule has 0 aliphatic rings. The smallest absolute Gasteiger partial charge is 0.123 e. The summed E-state index contributed by atoms with van der Waals surface area (Å²) in [4.78, 5) is 0. The Morgan fingerprint density at radius 2 is 2.06 bits per heavy atom.